The quantitative estimate of drug-likeness (QED) is 0.412. The van der Waals surface area contributed by atoms with E-state index in [-0.39, 0.29) is 30.5 Å². The Kier molecular flexibility index (Phi) is 7.18. The molecule has 0 atom stereocenters. The predicted molar refractivity (Wildman–Crippen MR) is 136 cm³/mol. The van der Waals surface area contributed by atoms with E-state index in [0.717, 1.165) is 16.7 Å². The summed E-state index contributed by atoms with van der Waals surface area (Å²) in [5, 5.41) is 5.29. The topological polar surface area (TPSA) is 84.3 Å². The average molecular weight is 475 g/mol. The van der Waals surface area contributed by atoms with Crippen LogP contribution in [0.1, 0.15) is 18.9 Å². The molecule has 34 heavy (non-hydrogen) atoms. The summed E-state index contributed by atoms with van der Waals surface area (Å²) in [4.78, 5) is 45.5. The third kappa shape index (κ3) is 5.07. The maximum Gasteiger partial charge on any atom is 0.263 e. The normalized spacial score (nSPS) is 10.9. The van der Waals surface area contributed by atoms with E-state index in [1.165, 1.54) is 27.1 Å². The van der Waals surface area contributed by atoms with Gasteiger partial charge in [0, 0.05) is 23.2 Å². The van der Waals surface area contributed by atoms with Gasteiger partial charge in [0.15, 0.2) is 0 Å². The minimum Gasteiger partial charge on any atom is -0.332 e. The molecule has 1 N–H and O–H groups in total. The van der Waals surface area contributed by atoms with Crippen LogP contribution in [0.2, 0.25) is 0 Å². The Morgan fingerprint density at radius 3 is 2.56 bits per heavy atom. The van der Waals surface area contributed by atoms with E-state index in [1.54, 1.807) is 0 Å². The Hall–Kier alpha value is -3.78. The fraction of sp³-hybridized carbons (Fsp3) is 0.231. The second-order valence-electron chi connectivity index (χ2n) is 8.05. The van der Waals surface area contributed by atoms with Gasteiger partial charge in [-0.1, -0.05) is 55.5 Å². The number of nitrogens with one attached hydrogen (secondary N) is 1. The molecule has 7 nitrogen and oxygen atoms in total. The summed E-state index contributed by atoms with van der Waals surface area (Å²) in [6.07, 6.45) is 2.10. The molecule has 0 saturated carbocycles. The van der Waals surface area contributed by atoms with E-state index in [1.807, 2.05) is 73.8 Å². The van der Waals surface area contributed by atoms with Crippen LogP contribution >= 0.6 is 11.3 Å². The fourth-order valence-electron chi connectivity index (χ4n) is 3.79. The number of carbonyl (C=O) groups excluding carboxylic acids is 2. The smallest absolute Gasteiger partial charge is 0.263 e. The Morgan fingerprint density at radius 2 is 1.82 bits per heavy atom. The molecule has 4 aromatic rings. The van der Waals surface area contributed by atoms with Crippen molar-refractivity contribution < 1.29 is 9.59 Å². The van der Waals surface area contributed by atoms with Crippen molar-refractivity contribution in [3.63, 3.8) is 0 Å². The standard InChI is InChI=1S/C26H26N4O3S/c1-3-13-29(14-22(31)28-21-12-8-7-9-18(21)2)23(32)15-30-17-27-25-24(26(30)33)20(16-34-25)19-10-5-4-6-11-19/h4-12,16-17H,3,13-15H2,1-2H3,(H,28,31). The van der Waals surface area contributed by atoms with Crippen LogP contribution in [0.25, 0.3) is 21.3 Å². The monoisotopic (exact) mass is 474 g/mol. The number of aryl methyl sites for hydroxylation is 1. The largest absolute Gasteiger partial charge is 0.332 e. The minimum atomic E-state index is -0.304. The summed E-state index contributed by atoms with van der Waals surface area (Å²) in [7, 11) is 0. The number of fused-ring (bicyclic) bond motifs is 1. The maximum absolute atomic E-state index is 13.3. The van der Waals surface area contributed by atoms with Crippen LogP contribution < -0.4 is 10.9 Å². The van der Waals surface area contributed by atoms with Gasteiger partial charge in [-0.3, -0.25) is 19.0 Å². The van der Waals surface area contributed by atoms with Crippen molar-refractivity contribution in [2.75, 3.05) is 18.4 Å². The van der Waals surface area contributed by atoms with E-state index in [2.05, 4.69) is 10.3 Å². The van der Waals surface area contributed by atoms with Crippen molar-refractivity contribution in [1.29, 1.82) is 0 Å². The molecule has 8 heteroatoms. The summed E-state index contributed by atoms with van der Waals surface area (Å²) < 4.78 is 1.33. The van der Waals surface area contributed by atoms with Crippen LogP contribution in [0.3, 0.4) is 0 Å². The molecule has 4 rings (SSSR count). The first-order valence-corrected chi connectivity index (χ1v) is 12.0. The van der Waals surface area contributed by atoms with Gasteiger partial charge < -0.3 is 10.2 Å². The van der Waals surface area contributed by atoms with Crippen molar-refractivity contribution in [2.45, 2.75) is 26.8 Å². The summed E-state index contributed by atoms with van der Waals surface area (Å²) in [5.74, 6) is -0.581. The fourth-order valence-corrected chi connectivity index (χ4v) is 4.70. The first-order valence-electron chi connectivity index (χ1n) is 11.1. The highest BCUT2D eigenvalue weighted by Gasteiger charge is 2.20. The van der Waals surface area contributed by atoms with Gasteiger partial charge in [-0.2, -0.15) is 0 Å². The average Bonchev–Trinajstić information content (AvgIpc) is 3.27. The van der Waals surface area contributed by atoms with E-state index >= 15 is 0 Å². The molecule has 2 aromatic carbocycles. The van der Waals surface area contributed by atoms with Gasteiger partial charge in [-0.15, -0.1) is 11.3 Å². The molecule has 0 radical (unpaired) electrons. The number of para-hydroxylation sites is 1. The zero-order valence-corrected chi connectivity index (χ0v) is 20.0. The summed E-state index contributed by atoms with van der Waals surface area (Å²) in [6.45, 7) is 4.01. The lowest BCUT2D eigenvalue weighted by molar-refractivity contribution is -0.135. The highest BCUT2D eigenvalue weighted by atomic mass is 32.1. The third-order valence-electron chi connectivity index (χ3n) is 5.55. The molecule has 2 amide bonds. The molecule has 0 unspecified atom stereocenters. The van der Waals surface area contributed by atoms with Crippen LogP contribution in [-0.2, 0) is 16.1 Å². The maximum atomic E-state index is 13.3. The predicted octanol–water partition coefficient (Wildman–Crippen LogP) is 4.31. The Bertz CT molecular complexity index is 1380. The van der Waals surface area contributed by atoms with Gasteiger partial charge in [0.2, 0.25) is 11.8 Å². The molecular formula is C26H26N4O3S. The molecule has 0 spiro atoms. The van der Waals surface area contributed by atoms with Crippen molar-refractivity contribution in [3.8, 4) is 11.1 Å². The number of hydrogen-bond donors (Lipinski definition) is 1. The SMILES string of the molecule is CCCN(CC(=O)Nc1ccccc1C)C(=O)Cn1cnc2scc(-c3ccccc3)c2c1=O. The number of benzene rings is 2. The van der Waals surface area contributed by atoms with Crippen molar-refractivity contribution in [3.05, 3.63) is 82.2 Å². The summed E-state index contributed by atoms with van der Waals surface area (Å²) >= 11 is 1.40. The lowest BCUT2D eigenvalue weighted by Gasteiger charge is -2.22. The van der Waals surface area contributed by atoms with Crippen molar-refractivity contribution in [2.24, 2.45) is 0 Å². The van der Waals surface area contributed by atoms with Gasteiger partial charge in [0.1, 0.15) is 11.4 Å². The van der Waals surface area contributed by atoms with Crippen LogP contribution in [0, 0.1) is 6.92 Å². The Balaban J connectivity index is 1.54. The highest BCUT2D eigenvalue weighted by Crippen LogP contribution is 2.30. The first-order chi connectivity index (χ1) is 16.5. The van der Waals surface area contributed by atoms with Crippen LogP contribution in [0.15, 0.2) is 71.1 Å². The molecule has 0 bridgehead atoms. The van der Waals surface area contributed by atoms with Gasteiger partial charge in [-0.05, 0) is 30.5 Å². The molecule has 0 aliphatic heterocycles. The molecule has 0 aliphatic carbocycles. The van der Waals surface area contributed by atoms with Gasteiger partial charge >= 0.3 is 0 Å². The summed E-state index contributed by atoms with van der Waals surface area (Å²) in [5.41, 5.74) is 3.13. The zero-order valence-electron chi connectivity index (χ0n) is 19.2. The molecule has 174 valence electrons. The van der Waals surface area contributed by atoms with Crippen molar-refractivity contribution in [1.82, 2.24) is 14.5 Å². The zero-order chi connectivity index (χ0) is 24.1. The molecular weight excluding hydrogens is 448 g/mol. The molecule has 0 saturated heterocycles. The first kappa shape index (κ1) is 23.4. The number of anilines is 1. The van der Waals surface area contributed by atoms with E-state index in [4.69, 9.17) is 0 Å². The lowest BCUT2D eigenvalue weighted by atomic mass is 10.1. The second kappa shape index (κ2) is 10.4. The number of rotatable bonds is 8. The van der Waals surface area contributed by atoms with Gasteiger partial charge in [0.05, 0.1) is 18.3 Å². The number of aromatic nitrogens is 2. The van der Waals surface area contributed by atoms with Gasteiger partial charge in [0.25, 0.3) is 5.56 Å². The van der Waals surface area contributed by atoms with Crippen LogP contribution in [-0.4, -0.2) is 39.4 Å². The highest BCUT2D eigenvalue weighted by molar-refractivity contribution is 7.17. The lowest BCUT2D eigenvalue weighted by Crippen LogP contribution is -2.41. The molecule has 0 aliphatic rings. The van der Waals surface area contributed by atoms with E-state index in [0.29, 0.717) is 28.9 Å². The summed E-state index contributed by atoms with van der Waals surface area (Å²) in [6, 6.07) is 17.1. The number of nitrogens with zero attached hydrogens (tertiary/aromatic N) is 3. The number of thiophene rings is 1. The minimum absolute atomic E-state index is 0.0842. The molecule has 2 heterocycles. The van der Waals surface area contributed by atoms with Crippen LogP contribution in [0.5, 0.6) is 0 Å². The Labute approximate surface area is 201 Å². The Morgan fingerprint density at radius 1 is 1.09 bits per heavy atom. The molecule has 0 fully saturated rings. The number of amides is 2. The van der Waals surface area contributed by atoms with Crippen LogP contribution in [0.4, 0.5) is 5.69 Å². The number of carbonyl (C=O) groups is 2. The number of hydrogen-bond acceptors (Lipinski definition) is 5. The van der Waals surface area contributed by atoms with Crippen molar-refractivity contribution >= 4 is 39.1 Å². The van der Waals surface area contributed by atoms with E-state index < -0.39 is 0 Å². The van der Waals surface area contributed by atoms with Gasteiger partial charge in [-0.25, -0.2) is 4.98 Å². The second-order valence-corrected chi connectivity index (χ2v) is 8.91. The van der Waals surface area contributed by atoms with E-state index in [9.17, 15) is 14.4 Å². The third-order valence-corrected chi connectivity index (χ3v) is 6.44. The molecule has 2 aromatic heterocycles.